The number of Topliss-reactive ketones (excluding diaryl/α,β-unsaturated/α-hetero) is 1. The third kappa shape index (κ3) is 3.77. The van der Waals surface area contributed by atoms with Crippen LogP contribution in [0, 0.1) is 5.41 Å². The number of ketones is 1. The maximum absolute atomic E-state index is 12.2. The lowest BCUT2D eigenvalue weighted by molar-refractivity contribution is -0.135. The first-order valence-electron chi connectivity index (χ1n) is 7.18. The number of amides is 1. The van der Waals surface area contributed by atoms with Gasteiger partial charge < -0.3 is 10.6 Å². The fraction of sp³-hybridized carbons (Fsp3) is 0.600. The zero-order chi connectivity index (χ0) is 15.6. The fourth-order valence-corrected chi connectivity index (χ4v) is 2.30. The van der Waals surface area contributed by atoms with Crippen molar-refractivity contribution in [2.24, 2.45) is 5.41 Å². The van der Waals surface area contributed by atoms with Gasteiger partial charge in [-0.15, -0.1) is 0 Å². The van der Waals surface area contributed by atoms with E-state index in [1.807, 2.05) is 20.8 Å². The molecule has 6 nitrogen and oxygen atoms in total. The van der Waals surface area contributed by atoms with E-state index in [1.54, 1.807) is 11.1 Å². The number of anilines is 1. The Balaban J connectivity index is 1.93. The van der Waals surface area contributed by atoms with Crippen LogP contribution in [0.4, 0.5) is 5.95 Å². The summed E-state index contributed by atoms with van der Waals surface area (Å²) in [5, 5.41) is 0. The van der Waals surface area contributed by atoms with Crippen molar-refractivity contribution in [2.45, 2.75) is 46.6 Å². The van der Waals surface area contributed by atoms with Gasteiger partial charge in [-0.25, -0.2) is 9.97 Å². The molecule has 1 amide bonds. The molecule has 0 bridgehead atoms. The van der Waals surface area contributed by atoms with Gasteiger partial charge in [-0.1, -0.05) is 20.8 Å². The van der Waals surface area contributed by atoms with Crippen LogP contribution in [0.2, 0.25) is 0 Å². The van der Waals surface area contributed by atoms with Gasteiger partial charge in [0.25, 0.3) is 0 Å². The van der Waals surface area contributed by atoms with Crippen LogP contribution in [0.25, 0.3) is 0 Å². The first-order valence-corrected chi connectivity index (χ1v) is 7.18. The molecule has 0 unspecified atom stereocenters. The summed E-state index contributed by atoms with van der Waals surface area (Å²) in [4.78, 5) is 34.0. The molecule has 2 heterocycles. The van der Waals surface area contributed by atoms with Crippen molar-refractivity contribution in [3.8, 4) is 0 Å². The highest BCUT2D eigenvalue weighted by Crippen LogP contribution is 2.20. The van der Waals surface area contributed by atoms with Gasteiger partial charge in [-0.3, -0.25) is 9.59 Å². The van der Waals surface area contributed by atoms with E-state index in [2.05, 4.69) is 9.97 Å². The second kappa shape index (κ2) is 5.79. The molecular weight excluding hydrogens is 268 g/mol. The number of aromatic nitrogens is 2. The minimum absolute atomic E-state index is 0.00933. The minimum atomic E-state index is -0.389. The molecule has 0 atom stereocenters. The molecule has 0 saturated carbocycles. The third-order valence-electron chi connectivity index (χ3n) is 3.71. The standard InChI is InChI=1S/C15H22N4O2/c1-15(2,3)12(20)4-5-13(21)19-7-6-11-10(9-19)8-17-14(16)18-11/h8H,4-7,9H2,1-3H3,(H2,16,17,18). The van der Waals surface area contributed by atoms with Gasteiger partial charge in [0, 0.05) is 49.5 Å². The molecule has 0 spiro atoms. The lowest BCUT2D eigenvalue weighted by atomic mass is 9.88. The molecule has 1 aromatic rings. The molecule has 2 rings (SSSR count). The number of nitrogen functional groups attached to an aromatic ring is 1. The van der Waals surface area contributed by atoms with Crippen molar-refractivity contribution < 1.29 is 9.59 Å². The van der Waals surface area contributed by atoms with Crippen LogP contribution in [0.5, 0.6) is 0 Å². The number of carbonyl (C=O) groups excluding carboxylic acids is 2. The Kier molecular flexibility index (Phi) is 4.25. The van der Waals surface area contributed by atoms with Gasteiger partial charge >= 0.3 is 0 Å². The van der Waals surface area contributed by atoms with Crippen LogP contribution in [0.1, 0.15) is 44.9 Å². The lowest BCUT2D eigenvalue weighted by Crippen LogP contribution is -2.37. The van der Waals surface area contributed by atoms with E-state index in [0.717, 1.165) is 11.3 Å². The summed E-state index contributed by atoms with van der Waals surface area (Å²) in [5.41, 5.74) is 7.02. The average molecular weight is 290 g/mol. The predicted octanol–water partition coefficient (Wildman–Crippen LogP) is 1.34. The Hall–Kier alpha value is -1.98. The number of carbonyl (C=O) groups is 2. The zero-order valence-corrected chi connectivity index (χ0v) is 12.8. The summed E-state index contributed by atoms with van der Waals surface area (Å²) in [5.74, 6) is 0.392. The summed E-state index contributed by atoms with van der Waals surface area (Å²) >= 11 is 0. The van der Waals surface area contributed by atoms with Crippen LogP contribution in [-0.2, 0) is 22.6 Å². The summed E-state index contributed by atoms with van der Waals surface area (Å²) in [6.07, 6.45) is 2.92. The number of nitrogens with zero attached hydrogens (tertiary/aromatic N) is 3. The van der Waals surface area contributed by atoms with Crippen LogP contribution in [0.15, 0.2) is 6.20 Å². The molecule has 1 aliphatic heterocycles. The van der Waals surface area contributed by atoms with E-state index in [0.29, 0.717) is 25.9 Å². The number of hydrogen-bond acceptors (Lipinski definition) is 5. The van der Waals surface area contributed by atoms with Crippen molar-refractivity contribution in [3.63, 3.8) is 0 Å². The fourth-order valence-electron chi connectivity index (χ4n) is 2.30. The Morgan fingerprint density at radius 2 is 2.05 bits per heavy atom. The maximum Gasteiger partial charge on any atom is 0.223 e. The van der Waals surface area contributed by atoms with Crippen LogP contribution < -0.4 is 5.73 Å². The topological polar surface area (TPSA) is 89.2 Å². The Morgan fingerprint density at radius 1 is 1.33 bits per heavy atom. The first-order chi connectivity index (χ1) is 9.77. The quantitative estimate of drug-likeness (QED) is 0.907. The molecule has 0 aliphatic carbocycles. The minimum Gasteiger partial charge on any atom is -0.368 e. The molecule has 0 saturated heterocycles. The van der Waals surface area contributed by atoms with Crippen molar-refractivity contribution >= 4 is 17.6 Å². The molecule has 1 aromatic heterocycles. The highest BCUT2D eigenvalue weighted by atomic mass is 16.2. The van der Waals surface area contributed by atoms with E-state index >= 15 is 0 Å². The Labute approximate surface area is 124 Å². The Bertz CT molecular complexity index is 563. The van der Waals surface area contributed by atoms with Gasteiger partial charge in [-0.2, -0.15) is 0 Å². The summed E-state index contributed by atoms with van der Waals surface area (Å²) in [6.45, 7) is 6.74. The smallest absolute Gasteiger partial charge is 0.223 e. The average Bonchev–Trinajstić information content (AvgIpc) is 2.42. The van der Waals surface area contributed by atoms with Gasteiger partial charge in [-0.05, 0) is 0 Å². The van der Waals surface area contributed by atoms with Crippen molar-refractivity contribution in [2.75, 3.05) is 12.3 Å². The molecule has 0 aromatic carbocycles. The second-order valence-electron chi connectivity index (χ2n) is 6.44. The number of rotatable bonds is 3. The highest BCUT2D eigenvalue weighted by molar-refractivity contribution is 5.88. The first kappa shape index (κ1) is 15.4. The Morgan fingerprint density at radius 3 is 2.71 bits per heavy atom. The predicted molar refractivity (Wildman–Crippen MR) is 79.3 cm³/mol. The summed E-state index contributed by atoms with van der Waals surface area (Å²) < 4.78 is 0. The summed E-state index contributed by atoms with van der Waals surface area (Å²) in [7, 11) is 0. The normalized spacial score (nSPS) is 14.7. The van der Waals surface area contributed by atoms with Crippen molar-refractivity contribution in [1.82, 2.24) is 14.9 Å². The van der Waals surface area contributed by atoms with E-state index in [1.165, 1.54) is 0 Å². The number of hydrogen-bond donors (Lipinski definition) is 1. The lowest BCUT2D eigenvalue weighted by Gasteiger charge is -2.28. The molecule has 21 heavy (non-hydrogen) atoms. The van der Waals surface area contributed by atoms with Crippen LogP contribution in [-0.4, -0.2) is 33.1 Å². The molecule has 114 valence electrons. The van der Waals surface area contributed by atoms with Crippen molar-refractivity contribution in [3.05, 3.63) is 17.5 Å². The molecule has 6 heteroatoms. The zero-order valence-electron chi connectivity index (χ0n) is 12.8. The van der Waals surface area contributed by atoms with E-state index in [-0.39, 0.29) is 29.5 Å². The van der Waals surface area contributed by atoms with E-state index in [9.17, 15) is 9.59 Å². The number of nitrogens with two attached hydrogens (primary N) is 1. The molecule has 1 aliphatic rings. The highest BCUT2D eigenvalue weighted by Gasteiger charge is 2.25. The van der Waals surface area contributed by atoms with Crippen LogP contribution in [0.3, 0.4) is 0 Å². The SMILES string of the molecule is CC(C)(C)C(=O)CCC(=O)N1CCc2nc(N)ncc2C1. The summed E-state index contributed by atoms with van der Waals surface area (Å²) in [6, 6.07) is 0. The molecule has 0 fully saturated rings. The van der Waals surface area contributed by atoms with E-state index < -0.39 is 0 Å². The van der Waals surface area contributed by atoms with Gasteiger partial charge in [0.2, 0.25) is 11.9 Å². The molecule has 0 radical (unpaired) electrons. The van der Waals surface area contributed by atoms with Gasteiger partial charge in [0.1, 0.15) is 5.78 Å². The largest absolute Gasteiger partial charge is 0.368 e. The third-order valence-corrected chi connectivity index (χ3v) is 3.71. The molecule has 2 N–H and O–H groups in total. The maximum atomic E-state index is 12.2. The van der Waals surface area contributed by atoms with E-state index in [4.69, 9.17) is 5.73 Å². The van der Waals surface area contributed by atoms with Gasteiger partial charge in [0.15, 0.2) is 0 Å². The number of fused-ring (bicyclic) bond motifs is 1. The molecular formula is C15H22N4O2. The van der Waals surface area contributed by atoms with Crippen molar-refractivity contribution in [1.29, 1.82) is 0 Å². The van der Waals surface area contributed by atoms with Gasteiger partial charge in [0.05, 0.1) is 5.69 Å². The second-order valence-corrected chi connectivity index (χ2v) is 6.44. The van der Waals surface area contributed by atoms with Crippen LogP contribution >= 0.6 is 0 Å². The monoisotopic (exact) mass is 290 g/mol.